The predicted molar refractivity (Wildman–Crippen MR) is 87.6 cm³/mol. The van der Waals surface area contributed by atoms with Gasteiger partial charge in [-0.25, -0.2) is 0 Å². The molecule has 0 saturated carbocycles. The number of nitrogens with zero attached hydrogens (tertiary/aromatic N) is 1. The molecule has 0 aliphatic carbocycles. The summed E-state index contributed by atoms with van der Waals surface area (Å²) in [6.07, 6.45) is 2.05. The number of carboxylic acid groups (broad SMARTS) is 1. The Bertz CT molecular complexity index is 550. The van der Waals surface area contributed by atoms with Crippen LogP contribution in [0.15, 0.2) is 24.3 Å². The molecule has 1 atom stereocenters. The fraction of sp³-hybridized carbons (Fsp3) is 0.556. The van der Waals surface area contributed by atoms with Gasteiger partial charge in [0.25, 0.3) is 5.91 Å². The average molecular weight is 319 g/mol. The molecule has 1 aliphatic rings. The van der Waals surface area contributed by atoms with Crippen molar-refractivity contribution in [3.8, 4) is 5.75 Å². The van der Waals surface area contributed by atoms with E-state index in [0.29, 0.717) is 31.8 Å². The van der Waals surface area contributed by atoms with Crippen LogP contribution in [-0.2, 0) is 9.59 Å². The molecule has 1 aromatic rings. The van der Waals surface area contributed by atoms with E-state index in [1.54, 1.807) is 4.90 Å². The maximum absolute atomic E-state index is 12.3. The van der Waals surface area contributed by atoms with Crippen LogP contribution in [0.4, 0.5) is 0 Å². The second-order valence-electron chi connectivity index (χ2n) is 6.13. The zero-order chi connectivity index (χ0) is 16.8. The Balaban J connectivity index is 1.89. The molecule has 1 fully saturated rings. The zero-order valence-corrected chi connectivity index (χ0v) is 13.8. The fourth-order valence-corrected chi connectivity index (χ4v) is 2.85. The Morgan fingerprint density at radius 3 is 2.57 bits per heavy atom. The van der Waals surface area contributed by atoms with Gasteiger partial charge in [-0.3, -0.25) is 9.59 Å². The predicted octanol–water partition coefficient (Wildman–Crippen LogP) is 2.90. The molecule has 1 saturated heterocycles. The van der Waals surface area contributed by atoms with E-state index in [9.17, 15) is 9.59 Å². The molecule has 5 heteroatoms. The molecule has 1 heterocycles. The van der Waals surface area contributed by atoms with Crippen LogP contribution in [0.5, 0.6) is 5.75 Å². The summed E-state index contributed by atoms with van der Waals surface area (Å²) in [5, 5.41) is 8.99. The first-order valence-corrected chi connectivity index (χ1v) is 8.25. The van der Waals surface area contributed by atoms with Crippen LogP contribution in [0.3, 0.4) is 0 Å². The van der Waals surface area contributed by atoms with Crippen LogP contribution in [0.1, 0.15) is 44.6 Å². The summed E-state index contributed by atoms with van der Waals surface area (Å²) in [6, 6.07) is 7.81. The molecule has 2 rings (SSSR count). The standard InChI is InChI=1S/C18H25NO4/c1-3-13(2)15-6-4-5-7-16(15)23-12-17(20)19-10-8-14(9-11-19)18(21)22/h4-7,13-14H,3,8-12H2,1-2H3,(H,21,22)/t13-/m0/s1. The van der Waals surface area contributed by atoms with Gasteiger partial charge >= 0.3 is 5.97 Å². The number of likely N-dealkylation sites (tertiary alicyclic amines) is 1. The lowest BCUT2D eigenvalue weighted by atomic mass is 9.97. The molecule has 5 nitrogen and oxygen atoms in total. The number of carboxylic acids is 1. The number of carbonyl (C=O) groups excluding carboxylic acids is 1. The third kappa shape index (κ3) is 4.47. The van der Waals surface area contributed by atoms with Crippen LogP contribution in [-0.4, -0.2) is 41.6 Å². The van der Waals surface area contributed by atoms with Crippen molar-refractivity contribution in [3.05, 3.63) is 29.8 Å². The lowest BCUT2D eigenvalue weighted by Gasteiger charge is -2.30. The van der Waals surface area contributed by atoms with E-state index in [0.717, 1.165) is 17.7 Å². The molecular formula is C18H25NO4. The molecule has 0 aromatic heterocycles. The van der Waals surface area contributed by atoms with Crippen LogP contribution >= 0.6 is 0 Å². The smallest absolute Gasteiger partial charge is 0.306 e. The van der Waals surface area contributed by atoms with Crippen LogP contribution in [0.25, 0.3) is 0 Å². The van der Waals surface area contributed by atoms with Crippen molar-refractivity contribution in [3.63, 3.8) is 0 Å². The normalized spacial score (nSPS) is 16.9. The number of hydrogen-bond donors (Lipinski definition) is 1. The largest absolute Gasteiger partial charge is 0.483 e. The van der Waals surface area contributed by atoms with Crippen LogP contribution in [0.2, 0.25) is 0 Å². The van der Waals surface area contributed by atoms with Gasteiger partial charge in [-0.1, -0.05) is 32.0 Å². The Hall–Kier alpha value is -2.04. The number of ether oxygens (including phenoxy) is 1. The first-order chi connectivity index (χ1) is 11.0. The van der Waals surface area contributed by atoms with E-state index in [1.165, 1.54) is 0 Å². The molecule has 1 aromatic carbocycles. The zero-order valence-electron chi connectivity index (χ0n) is 13.8. The molecule has 1 N–H and O–H groups in total. The number of piperidine rings is 1. The molecule has 0 spiro atoms. The van der Waals surface area contributed by atoms with Crippen molar-refractivity contribution in [2.24, 2.45) is 5.92 Å². The Kier molecular flexibility index (Phi) is 6.02. The minimum absolute atomic E-state index is 0.00514. The summed E-state index contributed by atoms with van der Waals surface area (Å²) < 4.78 is 5.74. The molecule has 1 amide bonds. The monoisotopic (exact) mass is 319 g/mol. The van der Waals surface area contributed by atoms with E-state index in [2.05, 4.69) is 13.8 Å². The van der Waals surface area contributed by atoms with Crippen molar-refractivity contribution in [2.45, 2.75) is 39.0 Å². The number of aliphatic carboxylic acids is 1. The maximum Gasteiger partial charge on any atom is 0.306 e. The summed E-state index contributed by atoms with van der Waals surface area (Å²) in [5.41, 5.74) is 1.12. The first kappa shape index (κ1) is 17.3. The van der Waals surface area contributed by atoms with Crippen molar-refractivity contribution in [2.75, 3.05) is 19.7 Å². The highest BCUT2D eigenvalue weighted by Crippen LogP contribution is 2.28. The average Bonchev–Trinajstić information content (AvgIpc) is 2.59. The summed E-state index contributed by atoms with van der Waals surface area (Å²) in [4.78, 5) is 24.9. The molecular weight excluding hydrogens is 294 g/mol. The summed E-state index contributed by atoms with van der Waals surface area (Å²) in [5.74, 6) is -0.0297. The van der Waals surface area contributed by atoms with E-state index >= 15 is 0 Å². The second kappa shape index (κ2) is 7.99. The van der Waals surface area contributed by atoms with E-state index in [-0.39, 0.29) is 18.4 Å². The second-order valence-corrected chi connectivity index (χ2v) is 6.13. The van der Waals surface area contributed by atoms with Crippen molar-refractivity contribution >= 4 is 11.9 Å². The third-order valence-corrected chi connectivity index (χ3v) is 4.61. The van der Waals surface area contributed by atoms with E-state index < -0.39 is 5.97 Å². The van der Waals surface area contributed by atoms with Crippen LogP contribution < -0.4 is 4.74 Å². The summed E-state index contributed by atoms with van der Waals surface area (Å²) >= 11 is 0. The quantitative estimate of drug-likeness (QED) is 0.875. The fourth-order valence-electron chi connectivity index (χ4n) is 2.85. The van der Waals surface area contributed by atoms with Gasteiger partial charge in [0.1, 0.15) is 5.75 Å². The highest BCUT2D eigenvalue weighted by molar-refractivity contribution is 5.78. The van der Waals surface area contributed by atoms with Crippen molar-refractivity contribution in [1.82, 2.24) is 4.90 Å². The lowest BCUT2D eigenvalue weighted by molar-refractivity contribution is -0.146. The van der Waals surface area contributed by atoms with Crippen LogP contribution in [0, 0.1) is 5.92 Å². The molecule has 23 heavy (non-hydrogen) atoms. The van der Waals surface area contributed by atoms with Gasteiger partial charge in [-0.05, 0) is 36.8 Å². The van der Waals surface area contributed by atoms with Gasteiger partial charge in [-0.2, -0.15) is 0 Å². The van der Waals surface area contributed by atoms with E-state index in [4.69, 9.17) is 9.84 Å². The minimum atomic E-state index is -0.768. The number of benzene rings is 1. The Morgan fingerprint density at radius 1 is 1.30 bits per heavy atom. The summed E-state index contributed by atoms with van der Waals surface area (Å²) in [6.45, 7) is 5.25. The van der Waals surface area contributed by atoms with Crippen molar-refractivity contribution < 1.29 is 19.4 Å². The van der Waals surface area contributed by atoms with Gasteiger partial charge in [0.2, 0.25) is 0 Å². The molecule has 0 radical (unpaired) electrons. The number of carbonyl (C=O) groups is 2. The first-order valence-electron chi connectivity index (χ1n) is 8.25. The highest BCUT2D eigenvalue weighted by atomic mass is 16.5. The lowest BCUT2D eigenvalue weighted by Crippen LogP contribution is -2.42. The molecule has 126 valence electrons. The minimum Gasteiger partial charge on any atom is -0.483 e. The van der Waals surface area contributed by atoms with Gasteiger partial charge in [0.15, 0.2) is 6.61 Å². The Morgan fingerprint density at radius 2 is 1.96 bits per heavy atom. The number of para-hydroxylation sites is 1. The topological polar surface area (TPSA) is 66.8 Å². The van der Waals surface area contributed by atoms with Crippen molar-refractivity contribution in [1.29, 1.82) is 0 Å². The molecule has 0 bridgehead atoms. The Labute approximate surface area is 137 Å². The van der Waals surface area contributed by atoms with Gasteiger partial charge in [-0.15, -0.1) is 0 Å². The SMILES string of the molecule is CC[C@H](C)c1ccccc1OCC(=O)N1CCC(C(=O)O)CC1. The van der Waals surface area contributed by atoms with Gasteiger partial charge < -0.3 is 14.7 Å². The van der Waals surface area contributed by atoms with E-state index in [1.807, 2.05) is 24.3 Å². The third-order valence-electron chi connectivity index (χ3n) is 4.61. The van der Waals surface area contributed by atoms with Gasteiger partial charge in [0, 0.05) is 13.1 Å². The number of amides is 1. The maximum atomic E-state index is 12.3. The van der Waals surface area contributed by atoms with Gasteiger partial charge in [0.05, 0.1) is 5.92 Å². The number of rotatable bonds is 6. The number of hydrogen-bond acceptors (Lipinski definition) is 3. The molecule has 0 unspecified atom stereocenters. The highest BCUT2D eigenvalue weighted by Gasteiger charge is 2.27. The summed E-state index contributed by atoms with van der Waals surface area (Å²) in [7, 11) is 0. The molecule has 1 aliphatic heterocycles.